The molecule has 1 heterocycles. The van der Waals surface area contributed by atoms with Crippen molar-refractivity contribution in [2.24, 2.45) is 23.7 Å². The second kappa shape index (κ2) is 10.2. The highest BCUT2D eigenvalue weighted by atomic mass is 32.2. The summed E-state index contributed by atoms with van der Waals surface area (Å²) in [7, 11) is 0. The van der Waals surface area contributed by atoms with Crippen LogP contribution < -0.4 is 4.74 Å². The summed E-state index contributed by atoms with van der Waals surface area (Å²) in [6, 6.07) is 5.00. The molecule has 0 amide bonds. The normalized spacial score (nSPS) is 28.8. The Kier molecular flexibility index (Phi) is 7.38. The molecule has 7 heteroatoms. The minimum atomic E-state index is -0.209. The fourth-order valence-corrected chi connectivity index (χ4v) is 7.75. The summed E-state index contributed by atoms with van der Waals surface area (Å²) < 4.78 is 6.30. The van der Waals surface area contributed by atoms with Gasteiger partial charge in [-0.1, -0.05) is 49.7 Å². The van der Waals surface area contributed by atoms with Gasteiger partial charge in [0.05, 0.1) is 32.6 Å². The Bertz CT molecular complexity index is 976. The quantitative estimate of drug-likeness (QED) is 0.219. The van der Waals surface area contributed by atoms with Crippen molar-refractivity contribution in [2.75, 3.05) is 0 Å². The first kappa shape index (κ1) is 23.1. The van der Waals surface area contributed by atoms with E-state index in [1.54, 1.807) is 6.07 Å². The van der Waals surface area contributed by atoms with E-state index in [-0.39, 0.29) is 23.3 Å². The van der Waals surface area contributed by atoms with E-state index < -0.39 is 0 Å². The SMILES string of the molecule is [C-]#[N+]/C(C#N)=C1\Sc2c(O)ccc(OC(=O)C3CCC(C4CCC(CC)CC4)CC3)c2S1. The van der Waals surface area contributed by atoms with Crippen LogP contribution in [-0.4, -0.2) is 11.1 Å². The van der Waals surface area contributed by atoms with Crippen LogP contribution in [0.5, 0.6) is 11.5 Å². The zero-order chi connectivity index (χ0) is 22.7. The predicted molar refractivity (Wildman–Crippen MR) is 126 cm³/mol. The molecule has 0 aromatic heterocycles. The molecule has 1 N–H and O–H groups in total. The van der Waals surface area contributed by atoms with Gasteiger partial charge in [-0.15, -0.1) is 0 Å². The number of aromatic hydroxyl groups is 1. The average Bonchev–Trinajstić information content (AvgIpc) is 3.28. The first-order valence-corrected chi connectivity index (χ1v) is 13.1. The van der Waals surface area contributed by atoms with Gasteiger partial charge in [0, 0.05) is 0 Å². The van der Waals surface area contributed by atoms with Crippen LogP contribution in [0.1, 0.15) is 64.7 Å². The summed E-state index contributed by atoms with van der Waals surface area (Å²) in [5, 5.41) is 19.4. The van der Waals surface area contributed by atoms with Crippen molar-refractivity contribution in [1.82, 2.24) is 0 Å². The monoisotopic (exact) mass is 468 g/mol. The Labute approximate surface area is 198 Å². The topological polar surface area (TPSA) is 74.7 Å². The minimum Gasteiger partial charge on any atom is -0.507 e. The van der Waals surface area contributed by atoms with Crippen molar-refractivity contribution in [3.05, 3.63) is 33.5 Å². The van der Waals surface area contributed by atoms with Crippen LogP contribution >= 0.6 is 23.5 Å². The molecule has 0 spiro atoms. The molecular formula is C25H28N2O3S2. The number of rotatable bonds is 4. The first-order chi connectivity index (χ1) is 15.5. The molecule has 1 aromatic rings. The number of fused-ring (bicyclic) bond motifs is 1. The second-order valence-electron chi connectivity index (χ2n) is 9.03. The lowest BCUT2D eigenvalue weighted by atomic mass is 9.69. The Balaban J connectivity index is 1.37. The van der Waals surface area contributed by atoms with E-state index in [0.29, 0.717) is 19.8 Å². The number of carbonyl (C=O) groups excluding carboxylic acids is 1. The number of ether oxygens (including phenoxy) is 1. The van der Waals surface area contributed by atoms with E-state index in [1.165, 1.54) is 61.7 Å². The third-order valence-electron chi connectivity index (χ3n) is 7.31. The van der Waals surface area contributed by atoms with Gasteiger partial charge in [-0.05, 0) is 68.4 Å². The lowest BCUT2D eigenvalue weighted by Crippen LogP contribution is -2.30. The number of thioether (sulfide) groups is 2. The molecule has 0 atom stereocenters. The van der Waals surface area contributed by atoms with E-state index in [4.69, 9.17) is 16.6 Å². The second-order valence-corrected chi connectivity index (χ2v) is 11.3. The maximum Gasteiger partial charge on any atom is 0.314 e. The Morgan fingerprint density at radius 1 is 1.12 bits per heavy atom. The van der Waals surface area contributed by atoms with Gasteiger partial charge < -0.3 is 9.84 Å². The number of hydrogen-bond donors (Lipinski definition) is 1. The molecule has 3 aliphatic rings. The number of esters is 1. The molecule has 2 fully saturated rings. The maximum atomic E-state index is 12.9. The van der Waals surface area contributed by atoms with Gasteiger partial charge in [0.2, 0.25) is 0 Å². The molecule has 0 bridgehead atoms. The van der Waals surface area contributed by atoms with Gasteiger partial charge in [-0.3, -0.25) is 4.79 Å². The number of carbonyl (C=O) groups is 1. The molecule has 0 saturated heterocycles. The predicted octanol–water partition coefficient (Wildman–Crippen LogP) is 7.13. The minimum absolute atomic E-state index is 0.0147. The third-order valence-corrected chi connectivity index (χ3v) is 9.92. The lowest BCUT2D eigenvalue weighted by Gasteiger charge is -2.37. The summed E-state index contributed by atoms with van der Waals surface area (Å²) in [5.74, 6) is 2.65. The molecule has 0 radical (unpaired) electrons. The van der Waals surface area contributed by atoms with Crippen LogP contribution in [0, 0.1) is 41.6 Å². The van der Waals surface area contributed by atoms with Crippen LogP contribution in [0.2, 0.25) is 0 Å². The van der Waals surface area contributed by atoms with E-state index in [2.05, 4.69) is 11.8 Å². The number of nitriles is 1. The molecule has 2 aliphatic carbocycles. The molecule has 32 heavy (non-hydrogen) atoms. The summed E-state index contributed by atoms with van der Waals surface area (Å²) in [5.41, 5.74) is -0.0147. The fraction of sp³-hybridized carbons (Fsp3) is 0.560. The highest BCUT2D eigenvalue weighted by molar-refractivity contribution is 8.24. The fourth-order valence-electron chi connectivity index (χ4n) is 5.31. The van der Waals surface area contributed by atoms with Gasteiger partial charge >= 0.3 is 5.97 Å². The molecular weight excluding hydrogens is 440 g/mol. The maximum absolute atomic E-state index is 12.9. The van der Waals surface area contributed by atoms with E-state index >= 15 is 0 Å². The molecule has 1 aliphatic heterocycles. The van der Waals surface area contributed by atoms with Gasteiger partial charge in [-0.2, -0.15) is 0 Å². The molecule has 4 rings (SSSR count). The van der Waals surface area contributed by atoms with Gasteiger partial charge in [0.1, 0.15) is 11.5 Å². The van der Waals surface area contributed by atoms with Gasteiger partial charge in [0.25, 0.3) is 5.70 Å². The molecule has 1 aromatic carbocycles. The van der Waals surface area contributed by atoms with Crippen LogP contribution in [-0.2, 0) is 4.79 Å². The van der Waals surface area contributed by atoms with Crippen molar-refractivity contribution in [1.29, 1.82) is 5.26 Å². The molecule has 168 valence electrons. The molecule has 2 saturated carbocycles. The Hall–Kier alpha value is -2.09. The summed E-state index contributed by atoms with van der Waals surface area (Å²) in [6.07, 6.45) is 10.7. The van der Waals surface area contributed by atoms with E-state index in [0.717, 1.165) is 43.4 Å². The Morgan fingerprint density at radius 3 is 2.34 bits per heavy atom. The highest BCUT2D eigenvalue weighted by Gasteiger charge is 2.34. The number of nitrogens with zero attached hydrogens (tertiary/aromatic N) is 2. The van der Waals surface area contributed by atoms with Crippen molar-refractivity contribution >= 4 is 29.5 Å². The zero-order valence-electron chi connectivity index (χ0n) is 18.3. The van der Waals surface area contributed by atoms with Crippen LogP contribution in [0.15, 0.2) is 31.9 Å². The first-order valence-electron chi connectivity index (χ1n) is 11.5. The number of hydrogen-bond acceptors (Lipinski definition) is 6. The number of benzene rings is 1. The lowest BCUT2D eigenvalue weighted by molar-refractivity contribution is -0.140. The average molecular weight is 469 g/mol. The molecule has 0 unspecified atom stereocenters. The van der Waals surface area contributed by atoms with Crippen LogP contribution in [0.4, 0.5) is 0 Å². The molecule has 5 nitrogen and oxygen atoms in total. The summed E-state index contributed by atoms with van der Waals surface area (Å²) in [4.78, 5) is 17.3. The standard InChI is InChI=1S/C25H28N2O3S2/c1-3-15-4-6-16(7-5-15)17-8-10-18(11-9-17)24(29)30-21-13-12-20(28)22-23(21)32-25(31-22)19(14-26)27-2/h12-13,15-18,28H,3-11H2,1H3/b25-19+. The zero-order valence-corrected chi connectivity index (χ0v) is 19.9. The number of allylic oxidation sites excluding steroid dienone is 1. The Morgan fingerprint density at radius 2 is 1.75 bits per heavy atom. The largest absolute Gasteiger partial charge is 0.507 e. The van der Waals surface area contributed by atoms with Gasteiger partial charge in [-0.25, -0.2) is 10.1 Å². The van der Waals surface area contributed by atoms with Crippen LogP contribution in [0.25, 0.3) is 4.85 Å². The van der Waals surface area contributed by atoms with Crippen molar-refractivity contribution in [3.8, 4) is 17.6 Å². The summed E-state index contributed by atoms with van der Waals surface area (Å²) in [6.45, 7) is 9.46. The van der Waals surface area contributed by atoms with Crippen molar-refractivity contribution < 1.29 is 14.6 Å². The smallest absolute Gasteiger partial charge is 0.314 e. The van der Waals surface area contributed by atoms with E-state index in [9.17, 15) is 9.90 Å². The third kappa shape index (κ3) is 4.80. The van der Waals surface area contributed by atoms with Gasteiger partial charge in [0.15, 0.2) is 0 Å². The summed E-state index contributed by atoms with van der Waals surface area (Å²) >= 11 is 2.39. The number of phenols is 1. The van der Waals surface area contributed by atoms with Crippen LogP contribution in [0.3, 0.4) is 0 Å². The van der Waals surface area contributed by atoms with E-state index in [1.807, 2.05) is 6.07 Å². The number of phenolic OH excluding ortho intramolecular Hbond substituents is 1. The highest BCUT2D eigenvalue weighted by Crippen LogP contribution is 2.58. The van der Waals surface area contributed by atoms with Crippen molar-refractivity contribution in [2.45, 2.75) is 74.5 Å². The van der Waals surface area contributed by atoms with Crippen molar-refractivity contribution in [3.63, 3.8) is 0 Å².